The molecular weight excluding hydrogens is 196 g/mol. The molecule has 2 nitrogen and oxygen atoms in total. The Hall–Kier alpha value is -1.22. The van der Waals surface area contributed by atoms with Crippen LogP contribution in [0.2, 0.25) is 0 Å². The quantitative estimate of drug-likeness (QED) is 0.607. The molecule has 14 heavy (non-hydrogen) atoms. The summed E-state index contributed by atoms with van der Waals surface area (Å²) < 4.78 is 5.02. The number of thiol groups is 1. The van der Waals surface area contributed by atoms with E-state index in [9.17, 15) is 4.79 Å². The van der Waals surface area contributed by atoms with Gasteiger partial charge in [0, 0.05) is 11.3 Å². The lowest BCUT2D eigenvalue weighted by molar-refractivity contribution is 0.112. The minimum atomic E-state index is 0.627. The molecule has 1 rings (SSSR count). The fourth-order valence-corrected chi connectivity index (χ4v) is 1.22. The van der Waals surface area contributed by atoms with Crippen LogP contribution in [0.15, 0.2) is 24.3 Å². The van der Waals surface area contributed by atoms with Crippen molar-refractivity contribution < 1.29 is 9.53 Å². The maximum absolute atomic E-state index is 10.8. The molecule has 0 aliphatic heterocycles. The van der Waals surface area contributed by atoms with Gasteiger partial charge in [0.25, 0.3) is 0 Å². The zero-order valence-electron chi connectivity index (χ0n) is 7.93. The predicted molar refractivity (Wildman–Crippen MR) is 61.3 cm³/mol. The van der Waals surface area contributed by atoms with Crippen LogP contribution in [0.4, 0.5) is 0 Å². The summed E-state index contributed by atoms with van der Waals surface area (Å²) in [6.45, 7) is 0. The lowest BCUT2D eigenvalue weighted by Crippen LogP contribution is -1.89. The molecule has 1 aromatic rings. The van der Waals surface area contributed by atoms with Crippen LogP contribution in [-0.2, 0) is 0 Å². The Labute approximate surface area is 89.0 Å². The molecule has 74 valence electrons. The molecule has 0 aliphatic rings. The lowest BCUT2D eigenvalue weighted by atomic mass is 10.1. The monoisotopic (exact) mass is 208 g/mol. The second-order valence-corrected chi connectivity index (χ2v) is 3.06. The van der Waals surface area contributed by atoms with E-state index in [2.05, 4.69) is 12.6 Å². The topological polar surface area (TPSA) is 26.3 Å². The molecule has 0 spiro atoms. The molecule has 0 aliphatic carbocycles. The van der Waals surface area contributed by atoms with Crippen LogP contribution >= 0.6 is 12.6 Å². The zero-order valence-corrected chi connectivity index (χ0v) is 8.83. The number of carbonyl (C=O) groups is 1. The molecule has 0 fully saturated rings. The Morgan fingerprint density at radius 1 is 1.43 bits per heavy atom. The van der Waals surface area contributed by atoms with Gasteiger partial charge in [-0.15, -0.1) is 0 Å². The van der Waals surface area contributed by atoms with Crippen molar-refractivity contribution in [2.24, 2.45) is 0 Å². The highest BCUT2D eigenvalue weighted by atomic mass is 32.1. The van der Waals surface area contributed by atoms with Crippen molar-refractivity contribution in [1.29, 1.82) is 0 Å². The fraction of sp³-hybridized carbons (Fsp3) is 0.182. The van der Waals surface area contributed by atoms with Gasteiger partial charge >= 0.3 is 0 Å². The van der Waals surface area contributed by atoms with E-state index in [1.165, 1.54) is 0 Å². The smallest absolute Gasteiger partial charge is 0.150 e. The normalized spacial score (nSPS) is 10.4. The second-order valence-electron chi connectivity index (χ2n) is 2.70. The van der Waals surface area contributed by atoms with E-state index in [4.69, 9.17) is 4.74 Å². The van der Waals surface area contributed by atoms with Gasteiger partial charge in [0.05, 0.1) is 7.11 Å². The van der Waals surface area contributed by atoms with E-state index in [-0.39, 0.29) is 0 Å². The highest BCUT2D eigenvalue weighted by molar-refractivity contribution is 7.80. The van der Waals surface area contributed by atoms with Gasteiger partial charge in [0.1, 0.15) is 5.75 Å². The number of aldehydes is 1. The highest BCUT2D eigenvalue weighted by Crippen LogP contribution is 2.17. The minimum absolute atomic E-state index is 0.627. The van der Waals surface area contributed by atoms with E-state index < -0.39 is 0 Å². The summed E-state index contributed by atoms with van der Waals surface area (Å²) in [6.07, 6.45) is 4.58. The molecule has 0 bridgehead atoms. The highest BCUT2D eigenvalue weighted by Gasteiger charge is 1.99. The number of rotatable bonds is 4. The number of carbonyl (C=O) groups excluding carboxylic acids is 1. The van der Waals surface area contributed by atoms with E-state index in [0.29, 0.717) is 17.1 Å². The molecule has 0 saturated heterocycles. The molecule has 0 aromatic heterocycles. The van der Waals surface area contributed by atoms with Crippen molar-refractivity contribution in [3.05, 3.63) is 35.4 Å². The molecule has 0 unspecified atom stereocenters. The SMILES string of the molecule is COc1ccc(C=CCS)c(C=O)c1. The van der Waals surface area contributed by atoms with Gasteiger partial charge in [-0.1, -0.05) is 18.2 Å². The molecular formula is C11H12O2S. The first-order valence-electron chi connectivity index (χ1n) is 4.22. The average Bonchev–Trinajstić information content (AvgIpc) is 2.26. The van der Waals surface area contributed by atoms with Gasteiger partial charge in [-0.3, -0.25) is 4.79 Å². The average molecular weight is 208 g/mol. The summed E-state index contributed by atoms with van der Waals surface area (Å²) in [5.74, 6) is 1.35. The maximum Gasteiger partial charge on any atom is 0.150 e. The van der Waals surface area contributed by atoms with Crippen LogP contribution in [0.1, 0.15) is 15.9 Å². The Morgan fingerprint density at radius 3 is 2.79 bits per heavy atom. The van der Waals surface area contributed by atoms with E-state index in [1.807, 2.05) is 24.3 Å². The zero-order chi connectivity index (χ0) is 10.4. The van der Waals surface area contributed by atoms with Gasteiger partial charge in [-0.25, -0.2) is 0 Å². The summed E-state index contributed by atoms with van der Waals surface area (Å²) in [5.41, 5.74) is 1.51. The van der Waals surface area contributed by atoms with Crippen molar-refractivity contribution in [2.75, 3.05) is 12.9 Å². The largest absolute Gasteiger partial charge is 0.497 e. The number of hydrogen-bond donors (Lipinski definition) is 1. The van der Waals surface area contributed by atoms with E-state index in [1.54, 1.807) is 13.2 Å². The Morgan fingerprint density at radius 2 is 2.21 bits per heavy atom. The molecule has 0 saturated carbocycles. The minimum Gasteiger partial charge on any atom is -0.497 e. The summed E-state index contributed by atoms with van der Waals surface area (Å²) in [6, 6.07) is 5.39. The van der Waals surface area contributed by atoms with Crippen molar-refractivity contribution in [1.82, 2.24) is 0 Å². The molecule has 0 atom stereocenters. The summed E-state index contributed by atoms with van der Waals surface area (Å²) in [4.78, 5) is 10.8. The van der Waals surface area contributed by atoms with Crippen LogP contribution < -0.4 is 4.74 Å². The Balaban J connectivity index is 3.05. The third kappa shape index (κ3) is 2.64. The molecule has 0 heterocycles. The second kappa shape index (κ2) is 5.50. The molecule has 0 N–H and O–H groups in total. The maximum atomic E-state index is 10.8. The predicted octanol–water partition coefficient (Wildman–Crippen LogP) is 2.45. The Kier molecular flexibility index (Phi) is 4.26. The van der Waals surface area contributed by atoms with Crippen LogP contribution in [0, 0.1) is 0 Å². The standard InChI is InChI=1S/C11H12O2S/c1-13-11-5-4-9(3-2-6-14)10(7-11)8-12/h2-5,7-8,14H,6H2,1H3. The third-order valence-electron chi connectivity index (χ3n) is 1.82. The summed E-state index contributed by atoms with van der Waals surface area (Å²) >= 11 is 4.05. The first-order chi connectivity index (χ1) is 6.81. The van der Waals surface area contributed by atoms with Crippen LogP contribution in [0.3, 0.4) is 0 Å². The van der Waals surface area contributed by atoms with Crippen molar-refractivity contribution >= 4 is 25.0 Å². The summed E-state index contributed by atoms with van der Waals surface area (Å²) in [7, 11) is 1.58. The molecule has 0 amide bonds. The first kappa shape index (κ1) is 10.9. The van der Waals surface area contributed by atoms with Crippen molar-refractivity contribution in [3.8, 4) is 5.75 Å². The third-order valence-corrected chi connectivity index (χ3v) is 2.03. The lowest BCUT2D eigenvalue weighted by Gasteiger charge is -2.02. The number of methoxy groups -OCH3 is 1. The van der Waals surface area contributed by atoms with Crippen LogP contribution in [0.5, 0.6) is 5.75 Å². The number of ether oxygens (including phenoxy) is 1. The fourth-order valence-electron chi connectivity index (χ4n) is 1.11. The molecule has 1 aromatic carbocycles. The van der Waals surface area contributed by atoms with E-state index in [0.717, 1.165) is 11.8 Å². The number of benzene rings is 1. The van der Waals surface area contributed by atoms with Gasteiger partial charge < -0.3 is 4.74 Å². The van der Waals surface area contributed by atoms with Crippen molar-refractivity contribution in [3.63, 3.8) is 0 Å². The first-order valence-corrected chi connectivity index (χ1v) is 4.85. The van der Waals surface area contributed by atoms with E-state index >= 15 is 0 Å². The van der Waals surface area contributed by atoms with Gasteiger partial charge in [0.15, 0.2) is 6.29 Å². The summed E-state index contributed by atoms with van der Waals surface area (Å²) in [5, 5.41) is 0. The molecule has 3 heteroatoms. The number of hydrogen-bond acceptors (Lipinski definition) is 3. The van der Waals surface area contributed by atoms with Crippen LogP contribution in [0.25, 0.3) is 6.08 Å². The van der Waals surface area contributed by atoms with Gasteiger partial charge in [-0.05, 0) is 17.7 Å². The van der Waals surface area contributed by atoms with Gasteiger partial charge in [-0.2, -0.15) is 12.6 Å². The van der Waals surface area contributed by atoms with Gasteiger partial charge in [0.2, 0.25) is 0 Å². The molecule has 0 radical (unpaired) electrons. The Bertz CT molecular complexity index is 345. The van der Waals surface area contributed by atoms with Crippen molar-refractivity contribution in [2.45, 2.75) is 0 Å². The van der Waals surface area contributed by atoms with Crippen LogP contribution in [-0.4, -0.2) is 19.1 Å².